The molecular weight excluding hydrogens is 244 g/mol. The van der Waals surface area contributed by atoms with E-state index >= 15 is 0 Å². The number of thioether (sulfide) groups is 1. The van der Waals surface area contributed by atoms with E-state index in [1.54, 1.807) is 7.05 Å². The van der Waals surface area contributed by atoms with Crippen LogP contribution in [0.5, 0.6) is 0 Å². The van der Waals surface area contributed by atoms with E-state index in [4.69, 9.17) is 5.11 Å². The Bertz CT molecular complexity index is 392. The highest BCUT2D eigenvalue weighted by Crippen LogP contribution is 2.24. The van der Waals surface area contributed by atoms with Gasteiger partial charge in [0, 0.05) is 18.3 Å². The molecule has 7 nitrogen and oxygen atoms in total. The summed E-state index contributed by atoms with van der Waals surface area (Å²) in [7, 11) is 1.63. The Morgan fingerprint density at radius 3 is 2.88 bits per heavy atom. The standard InChI is InChI=1S/C9H16N4O3S/c1-6(8(5-14)17-3)10-9-7(13(15)16)4-12(2)11-9/h4,6,8,14H,5H2,1-3H3,(H,10,11). The molecule has 0 bridgehead atoms. The van der Waals surface area contributed by atoms with Crippen LogP contribution in [0.3, 0.4) is 0 Å². The Morgan fingerprint density at radius 2 is 2.41 bits per heavy atom. The average molecular weight is 260 g/mol. The maximum Gasteiger partial charge on any atom is 0.330 e. The van der Waals surface area contributed by atoms with Gasteiger partial charge < -0.3 is 10.4 Å². The fraction of sp³-hybridized carbons (Fsp3) is 0.667. The minimum atomic E-state index is -0.477. The lowest BCUT2D eigenvalue weighted by molar-refractivity contribution is -0.384. The van der Waals surface area contributed by atoms with Crippen LogP contribution in [0.15, 0.2) is 6.20 Å². The number of nitrogens with one attached hydrogen (secondary N) is 1. The molecule has 1 rings (SSSR count). The lowest BCUT2D eigenvalue weighted by atomic mass is 10.2. The van der Waals surface area contributed by atoms with Gasteiger partial charge in [0.05, 0.1) is 11.5 Å². The molecule has 0 fully saturated rings. The zero-order chi connectivity index (χ0) is 13.0. The van der Waals surface area contributed by atoms with Gasteiger partial charge >= 0.3 is 5.69 Å². The zero-order valence-corrected chi connectivity index (χ0v) is 10.8. The highest BCUT2D eigenvalue weighted by molar-refractivity contribution is 7.99. The fourth-order valence-corrected chi connectivity index (χ4v) is 2.08. The van der Waals surface area contributed by atoms with Crippen LogP contribution in [0.2, 0.25) is 0 Å². The molecule has 1 heterocycles. The molecule has 2 atom stereocenters. The maximum atomic E-state index is 10.8. The second kappa shape index (κ2) is 5.87. The topological polar surface area (TPSA) is 93.2 Å². The third-order valence-electron chi connectivity index (χ3n) is 2.41. The van der Waals surface area contributed by atoms with Crippen molar-refractivity contribution in [3.63, 3.8) is 0 Å². The Labute approximate surface area is 103 Å². The molecule has 0 aliphatic heterocycles. The third kappa shape index (κ3) is 3.34. The SMILES string of the molecule is CSC(CO)C(C)Nc1nn(C)cc1[N+](=O)[O-]. The normalized spacial score (nSPS) is 14.4. The summed E-state index contributed by atoms with van der Waals surface area (Å²) in [4.78, 5) is 10.3. The fourth-order valence-electron chi connectivity index (χ4n) is 1.46. The van der Waals surface area contributed by atoms with Gasteiger partial charge in [0.1, 0.15) is 6.20 Å². The summed E-state index contributed by atoms with van der Waals surface area (Å²) in [6.07, 6.45) is 3.23. The van der Waals surface area contributed by atoms with E-state index in [9.17, 15) is 10.1 Å². The molecule has 0 saturated heterocycles. The van der Waals surface area contributed by atoms with Gasteiger partial charge in [0.2, 0.25) is 5.82 Å². The molecule has 0 aromatic carbocycles. The minimum absolute atomic E-state index is 0.00989. The lowest BCUT2D eigenvalue weighted by Crippen LogP contribution is -2.31. The van der Waals surface area contributed by atoms with Crippen molar-refractivity contribution in [1.29, 1.82) is 0 Å². The van der Waals surface area contributed by atoms with Crippen molar-refractivity contribution >= 4 is 23.3 Å². The van der Waals surface area contributed by atoms with Crippen molar-refractivity contribution in [2.75, 3.05) is 18.2 Å². The maximum absolute atomic E-state index is 10.8. The van der Waals surface area contributed by atoms with E-state index in [1.807, 2.05) is 13.2 Å². The Kier molecular flexibility index (Phi) is 4.76. The number of nitrogens with zero attached hydrogens (tertiary/aromatic N) is 3. The van der Waals surface area contributed by atoms with Crippen molar-refractivity contribution in [3.05, 3.63) is 16.3 Å². The summed E-state index contributed by atoms with van der Waals surface area (Å²) in [5, 5.41) is 26.8. The highest BCUT2D eigenvalue weighted by atomic mass is 32.2. The molecule has 0 aliphatic rings. The van der Waals surface area contributed by atoms with E-state index in [2.05, 4.69) is 10.4 Å². The molecule has 96 valence electrons. The van der Waals surface area contributed by atoms with Crippen LogP contribution < -0.4 is 5.32 Å². The van der Waals surface area contributed by atoms with Crippen LogP contribution in [-0.4, -0.2) is 44.0 Å². The van der Waals surface area contributed by atoms with Gasteiger partial charge in [-0.15, -0.1) is 5.10 Å². The molecule has 2 N–H and O–H groups in total. The smallest absolute Gasteiger partial charge is 0.330 e. The van der Waals surface area contributed by atoms with Gasteiger partial charge in [-0.05, 0) is 13.2 Å². The Balaban J connectivity index is 2.83. The van der Waals surface area contributed by atoms with Gasteiger partial charge in [-0.1, -0.05) is 0 Å². The summed E-state index contributed by atoms with van der Waals surface area (Å²) < 4.78 is 1.39. The van der Waals surface area contributed by atoms with Crippen LogP contribution in [0, 0.1) is 10.1 Å². The summed E-state index contributed by atoms with van der Waals surface area (Å²) in [5.74, 6) is 0.234. The molecular formula is C9H16N4O3S. The molecule has 17 heavy (non-hydrogen) atoms. The van der Waals surface area contributed by atoms with E-state index in [0.717, 1.165) is 0 Å². The Morgan fingerprint density at radius 1 is 1.76 bits per heavy atom. The lowest BCUT2D eigenvalue weighted by Gasteiger charge is -2.20. The summed E-state index contributed by atoms with van der Waals surface area (Å²) in [6.45, 7) is 1.87. The second-order valence-corrected chi connectivity index (χ2v) is 4.76. The molecule has 2 unspecified atom stereocenters. The van der Waals surface area contributed by atoms with Crippen LogP contribution in [0.25, 0.3) is 0 Å². The number of aromatic nitrogens is 2. The first-order chi connectivity index (χ1) is 7.99. The summed E-state index contributed by atoms with van der Waals surface area (Å²) in [5.41, 5.74) is -0.0582. The predicted octanol–water partition coefficient (Wildman–Crippen LogP) is 0.853. The van der Waals surface area contributed by atoms with Crippen LogP contribution in [0.4, 0.5) is 11.5 Å². The van der Waals surface area contributed by atoms with Crippen LogP contribution in [0.1, 0.15) is 6.92 Å². The van der Waals surface area contributed by atoms with Crippen molar-refractivity contribution in [3.8, 4) is 0 Å². The first-order valence-corrected chi connectivity index (χ1v) is 6.36. The average Bonchev–Trinajstić information content (AvgIpc) is 2.61. The molecule has 0 saturated carbocycles. The van der Waals surface area contributed by atoms with Crippen molar-refractivity contribution in [1.82, 2.24) is 9.78 Å². The van der Waals surface area contributed by atoms with E-state index in [-0.39, 0.29) is 29.4 Å². The van der Waals surface area contributed by atoms with Crippen molar-refractivity contribution in [2.24, 2.45) is 7.05 Å². The zero-order valence-electron chi connectivity index (χ0n) is 9.95. The van der Waals surface area contributed by atoms with Crippen molar-refractivity contribution in [2.45, 2.75) is 18.2 Å². The van der Waals surface area contributed by atoms with Gasteiger partial charge in [0.25, 0.3) is 0 Å². The van der Waals surface area contributed by atoms with Crippen LogP contribution >= 0.6 is 11.8 Å². The monoisotopic (exact) mass is 260 g/mol. The van der Waals surface area contributed by atoms with E-state index < -0.39 is 4.92 Å². The van der Waals surface area contributed by atoms with Gasteiger partial charge in [-0.2, -0.15) is 11.8 Å². The molecule has 0 aliphatic carbocycles. The highest BCUT2D eigenvalue weighted by Gasteiger charge is 2.23. The third-order valence-corrected chi connectivity index (χ3v) is 3.57. The summed E-state index contributed by atoms with van der Waals surface area (Å²) >= 11 is 1.50. The van der Waals surface area contributed by atoms with Gasteiger partial charge in [-0.25, -0.2) is 0 Å². The minimum Gasteiger partial charge on any atom is -0.395 e. The van der Waals surface area contributed by atoms with Gasteiger partial charge in [0.15, 0.2) is 0 Å². The predicted molar refractivity (Wildman–Crippen MR) is 67.3 cm³/mol. The molecule has 8 heteroatoms. The number of anilines is 1. The molecule has 0 spiro atoms. The first kappa shape index (κ1) is 13.8. The van der Waals surface area contributed by atoms with E-state index in [1.165, 1.54) is 22.6 Å². The number of aryl methyl sites for hydroxylation is 1. The number of rotatable bonds is 6. The number of hydrogen-bond acceptors (Lipinski definition) is 6. The number of hydrogen-bond donors (Lipinski definition) is 2. The van der Waals surface area contributed by atoms with Crippen LogP contribution in [-0.2, 0) is 7.05 Å². The van der Waals surface area contributed by atoms with Crippen molar-refractivity contribution < 1.29 is 10.0 Å². The largest absolute Gasteiger partial charge is 0.395 e. The van der Waals surface area contributed by atoms with Gasteiger partial charge in [-0.3, -0.25) is 14.8 Å². The number of aliphatic hydroxyl groups is 1. The molecule has 0 amide bonds. The van der Waals surface area contributed by atoms with E-state index in [0.29, 0.717) is 0 Å². The molecule has 1 aromatic rings. The first-order valence-electron chi connectivity index (χ1n) is 5.07. The Hall–Kier alpha value is -1.28. The quantitative estimate of drug-likeness (QED) is 0.582. The molecule has 1 aromatic heterocycles. The summed E-state index contributed by atoms with van der Waals surface area (Å²) in [6, 6.07) is -0.108. The molecule has 0 radical (unpaired) electrons. The number of nitro groups is 1. The number of aliphatic hydroxyl groups excluding tert-OH is 1. The second-order valence-electron chi connectivity index (χ2n) is 3.68.